The molecule has 1 aliphatic rings. The molecule has 0 aliphatic carbocycles. The Morgan fingerprint density at radius 1 is 1.65 bits per heavy atom. The number of rotatable bonds is 5. The van der Waals surface area contributed by atoms with Gasteiger partial charge in [0.1, 0.15) is 5.82 Å². The second-order valence-electron chi connectivity index (χ2n) is 4.67. The summed E-state index contributed by atoms with van der Waals surface area (Å²) >= 11 is 0. The Morgan fingerprint density at radius 3 is 3.18 bits per heavy atom. The molecule has 2 unspecified atom stereocenters. The van der Waals surface area contributed by atoms with E-state index in [1.165, 1.54) is 5.56 Å². The molecule has 1 fully saturated rings. The van der Waals surface area contributed by atoms with Crippen molar-refractivity contribution in [3.63, 3.8) is 0 Å². The predicted octanol–water partition coefficient (Wildman–Crippen LogP) is 1.45. The molecule has 0 spiro atoms. The number of aliphatic hydroxyl groups is 1. The molecule has 2 rings (SSSR count). The van der Waals surface area contributed by atoms with Gasteiger partial charge in [-0.3, -0.25) is 0 Å². The number of ether oxygens (including phenoxy) is 1. The van der Waals surface area contributed by atoms with Crippen LogP contribution in [0, 0.1) is 18.8 Å². The van der Waals surface area contributed by atoms with E-state index in [-0.39, 0.29) is 12.5 Å². The minimum atomic E-state index is 0.201. The van der Waals surface area contributed by atoms with E-state index < -0.39 is 0 Å². The zero-order valence-corrected chi connectivity index (χ0v) is 10.2. The average molecular weight is 236 g/mol. The Kier molecular flexibility index (Phi) is 4.34. The van der Waals surface area contributed by atoms with Crippen LogP contribution in [0.1, 0.15) is 12.0 Å². The third-order valence-corrected chi connectivity index (χ3v) is 3.33. The molecule has 0 amide bonds. The van der Waals surface area contributed by atoms with Gasteiger partial charge < -0.3 is 15.2 Å². The van der Waals surface area contributed by atoms with Gasteiger partial charge in [-0.2, -0.15) is 0 Å². The van der Waals surface area contributed by atoms with Gasteiger partial charge in [0.05, 0.1) is 0 Å². The number of pyridine rings is 1. The average Bonchev–Trinajstić information content (AvgIpc) is 2.84. The van der Waals surface area contributed by atoms with E-state index in [9.17, 15) is 5.11 Å². The molecular weight excluding hydrogens is 216 g/mol. The van der Waals surface area contributed by atoms with Crippen molar-refractivity contribution in [2.24, 2.45) is 11.8 Å². The fourth-order valence-corrected chi connectivity index (χ4v) is 2.17. The Labute approximate surface area is 102 Å². The number of nitrogens with zero attached hydrogens (tertiary/aromatic N) is 1. The molecule has 94 valence electrons. The molecule has 1 saturated heterocycles. The molecule has 0 saturated carbocycles. The molecule has 17 heavy (non-hydrogen) atoms. The minimum absolute atomic E-state index is 0.201. The van der Waals surface area contributed by atoms with Crippen LogP contribution in [0.4, 0.5) is 5.82 Å². The van der Waals surface area contributed by atoms with Gasteiger partial charge in [0, 0.05) is 38.5 Å². The van der Waals surface area contributed by atoms with Crippen molar-refractivity contribution in [3.8, 4) is 0 Å². The predicted molar refractivity (Wildman–Crippen MR) is 67.0 cm³/mol. The van der Waals surface area contributed by atoms with Crippen LogP contribution in [-0.2, 0) is 4.74 Å². The summed E-state index contributed by atoms with van der Waals surface area (Å²) in [6.45, 7) is 4.59. The van der Waals surface area contributed by atoms with Crippen LogP contribution < -0.4 is 5.32 Å². The molecular formula is C13H20N2O2. The van der Waals surface area contributed by atoms with E-state index in [0.717, 1.165) is 32.0 Å². The largest absolute Gasteiger partial charge is 0.396 e. The molecule has 4 heteroatoms. The van der Waals surface area contributed by atoms with Gasteiger partial charge >= 0.3 is 0 Å². The maximum Gasteiger partial charge on any atom is 0.126 e. The van der Waals surface area contributed by atoms with Crippen molar-refractivity contribution in [2.45, 2.75) is 13.3 Å². The van der Waals surface area contributed by atoms with Crippen molar-refractivity contribution in [2.75, 3.05) is 31.7 Å². The molecule has 2 atom stereocenters. The van der Waals surface area contributed by atoms with E-state index >= 15 is 0 Å². The van der Waals surface area contributed by atoms with Gasteiger partial charge in [-0.1, -0.05) is 0 Å². The molecule has 4 nitrogen and oxygen atoms in total. The zero-order valence-electron chi connectivity index (χ0n) is 10.2. The number of anilines is 1. The molecule has 1 aromatic rings. The first-order chi connectivity index (χ1) is 8.29. The maximum atomic E-state index is 9.40. The number of hydrogen-bond donors (Lipinski definition) is 2. The fraction of sp³-hybridized carbons (Fsp3) is 0.615. The highest BCUT2D eigenvalue weighted by Crippen LogP contribution is 2.22. The van der Waals surface area contributed by atoms with Crippen molar-refractivity contribution in [1.82, 2.24) is 4.98 Å². The SMILES string of the molecule is Cc1ccnc(NCC(CO)C2CCOC2)c1. The fourth-order valence-electron chi connectivity index (χ4n) is 2.17. The molecule has 0 radical (unpaired) electrons. The first kappa shape index (κ1) is 12.3. The second kappa shape index (κ2) is 5.98. The summed E-state index contributed by atoms with van der Waals surface area (Å²) in [6, 6.07) is 3.99. The zero-order chi connectivity index (χ0) is 12.1. The summed E-state index contributed by atoms with van der Waals surface area (Å²) in [4.78, 5) is 4.25. The molecule has 0 bridgehead atoms. The lowest BCUT2D eigenvalue weighted by Gasteiger charge is -2.20. The molecule has 1 aromatic heterocycles. The number of nitrogens with one attached hydrogen (secondary N) is 1. The lowest BCUT2D eigenvalue weighted by Crippen LogP contribution is -2.26. The minimum Gasteiger partial charge on any atom is -0.396 e. The van der Waals surface area contributed by atoms with E-state index in [4.69, 9.17) is 4.74 Å². The number of hydrogen-bond acceptors (Lipinski definition) is 4. The van der Waals surface area contributed by atoms with Crippen molar-refractivity contribution in [1.29, 1.82) is 0 Å². The van der Waals surface area contributed by atoms with E-state index in [1.54, 1.807) is 6.20 Å². The summed E-state index contributed by atoms with van der Waals surface area (Å²) in [5, 5.41) is 12.7. The van der Waals surface area contributed by atoms with Crippen LogP contribution in [0.2, 0.25) is 0 Å². The van der Waals surface area contributed by atoms with Crippen molar-refractivity contribution >= 4 is 5.82 Å². The highest BCUT2D eigenvalue weighted by atomic mass is 16.5. The highest BCUT2D eigenvalue weighted by molar-refractivity contribution is 5.36. The third kappa shape index (κ3) is 3.41. The Bertz CT molecular complexity index is 351. The van der Waals surface area contributed by atoms with Gasteiger partial charge in [-0.25, -0.2) is 4.98 Å². The normalized spacial score (nSPS) is 21.4. The maximum absolute atomic E-state index is 9.40. The Hall–Kier alpha value is -1.13. The molecule has 1 aliphatic heterocycles. The topological polar surface area (TPSA) is 54.4 Å². The summed E-state index contributed by atoms with van der Waals surface area (Å²) < 4.78 is 5.36. The van der Waals surface area contributed by atoms with Gasteiger partial charge in [0.2, 0.25) is 0 Å². The summed E-state index contributed by atoms with van der Waals surface area (Å²) in [5.74, 6) is 1.60. The smallest absolute Gasteiger partial charge is 0.126 e. The first-order valence-corrected chi connectivity index (χ1v) is 6.14. The lowest BCUT2D eigenvalue weighted by molar-refractivity contribution is 0.145. The highest BCUT2D eigenvalue weighted by Gasteiger charge is 2.24. The van der Waals surface area contributed by atoms with Gasteiger partial charge in [-0.05, 0) is 37.0 Å². The van der Waals surface area contributed by atoms with Crippen LogP contribution in [0.3, 0.4) is 0 Å². The van der Waals surface area contributed by atoms with Crippen molar-refractivity contribution in [3.05, 3.63) is 23.9 Å². The first-order valence-electron chi connectivity index (χ1n) is 6.14. The number of aliphatic hydroxyl groups excluding tert-OH is 1. The second-order valence-corrected chi connectivity index (χ2v) is 4.67. The van der Waals surface area contributed by atoms with Crippen molar-refractivity contribution < 1.29 is 9.84 Å². The monoisotopic (exact) mass is 236 g/mol. The molecule has 2 heterocycles. The third-order valence-electron chi connectivity index (χ3n) is 3.33. The standard InChI is InChI=1S/C13H20N2O2/c1-10-2-4-14-13(6-10)15-7-12(8-16)11-3-5-17-9-11/h2,4,6,11-12,16H,3,5,7-9H2,1H3,(H,14,15). The summed E-state index contributed by atoms with van der Waals surface area (Å²) in [5.41, 5.74) is 1.19. The molecule has 0 aromatic carbocycles. The Balaban J connectivity index is 1.87. The van der Waals surface area contributed by atoms with Crippen LogP contribution in [0.15, 0.2) is 18.3 Å². The van der Waals surface area contributed by atoms with Gasteiger partial charge in [-0.15, -0.1) is 0 Å². The summed E-state index contributed by atoms with van der Waals surface area (Å²) in [7, 11) is 0. The number of aryl methyl sites for hydroxylation is 1. The van der Waals surface area contributed by atoms with Crippen LogP contribution >= 0.6 is 0 Å². The van der Waals surface area contributed by atoms with E-state index in [0.29, 0.717) is 5.92 Å². The molecule has 2 N–H and O–H groups in total. The number of aromatic nitrogens is 1. The van der Waals surface area contributed by atoms with Crippen LogP contribution in [0.5, 0.6) is 0 Å². The van der Waals surface area contributed by atoms with Gasteiger partial charge in [0.15, 0.2) is 0 Å². The Morgan fingerprint density at radius 2 is 2.53 bits per heavy atom. The van der Waals surface area contributed by atoms with Crippen LogP contribution in [0.25, 0.3) is 0 Å². The van der Waals surface area contributed by atoms with E-state index in [2.05, 4.69) is 10.3 Å². The van der Waals surface area contributed by atoms with Crippen LogP contribution in [-0.4, -0.2) is 36.5 Å². The quantitative estimate of drug-likeness (QED) is 0.812. The van der Waals surface area contributed by atoms with Gasteiger partial charge in [0.25, 0.3) is 0 Å². The lowest BCUT2D eigenvalue weighted by atomic mass is 9.92. The summed E-state index contributed by atoms with van der Waals surface area (Å²) in [6.07, 6.45) is 2.85. The van der Waals surface area contributed by atoms with E-state index in [1.807, 2.05) is 19.1 Å².